The third kappa shape index (κ3) is 4.00. The highest BCUT2D eigenvalue weighted by molar-refractivity contribution is 9.10. The van der Waals surface area contributed by atoms with Crippen LogP contribution in [0.1, 0.15) is 18.4 Å². The van der Waals surface area contributed by atoms with Crippen LogP contribution in [-0.2, 0) is 20.7 Å². The van der Waals surface area contributed by atoms with Crippen LogP contribution in [0.25, 0.3) is 0 Å². The highest BCUT2D eigenvalue weighted by Crippen LogP contribution is 2.25. The number of carbonyl (C=O) groups is 2. The van der Waals surface area contributed by atoms with Crippen molar-refractivity contribution in [2.45, 2.75) is 31.4 Å². The molecule has 0 radical (unpaired) electrons. The van der Waals surface area contributed by atoms with Gasteiger partial charge in [-0.05, 0) is 30.2 Å². The van der Waals surface area contributed by atoms with Gasteiger partial charge in [-0.25, -0.2) is 4.79 Å². The molecule has 1 N–H and O–H groups in total. The van der Waals surface area contributed by atoms with Crippen LogP contribution in [0.2, 0.25) is 5.02 Å². The third-order valence-electron chi connectivity index (χ3n) is 3.82. The first-order chi connectivity index (χ1) is 10.4. The number of rotatable bonds is 5. The first-order valence-corrected chi connectivity index (χ1v) is 8.08. The average molecular weight is 391 g/mol. The molecule has 0 spiro atoms. The number of hydrogen-bond donors (Lipinski definition) is 1. The molecular formula is C15H17BrClNO4. The van der Waals surface area contributed by atoms with Gasteiger partial charge in [0.15, 0.2) is 0 Å². The van der Waals surface area contributed by atoms with E-state index in [0.29, 0.717) is 24.4 Å². The number of benzene rings is 1. The van der Waals surface area contributed by atoms with Crippen molar-refractivity contribution in [2.75, 3.05) is 13.7 Å². The number of carboxylic acid groups (broad SMARTS) is 1. The Balaban J connectivity index is 2.02. The Labute approximate surface area is 142 Å². The van der Waals surface area contributed by atoms with Crippen LogP contribution in [0.4, 0.5) is 0 Å². The van der Waals surface area contributed by atoms with E-state index in [1.54, 1.807) is 12.1 Å². The molecule has 1 aliphatic heterocycles. The highest BCUT2D eigenvalue weighted by Gasteiger charge is 2.39. The summed E-state index contributed by atoms with van der Waals surface area (Å²) < 4.78 is 6.07. The van der Waals surface area contributed by atoms with Gasteiger partial charge in [-0.15, -0.1) is 0 Å². The third-order valence-corrected chi connectivity index (χ3v) is 4.83. The van der Waals surface area contributed by atoms with E-state index in [2.05, 4.69) is 15.9 Å². The minimum atomic E-state index is -0.989. The van der Waals surface area contributed by atoms with E-state index in [0.717, 1.165) is 10.0 Å². The Morgan fingerprint density at radius 3 is 2.86 bits per heavy atom. The van der Waals surface area contributed by atoms with Gasteiger partial charge in [0, 0.05) is 36.0 Å². The lowest BCUT2D eigenvalue weighted by Gasteiger charge is -2.21. The van der Waals surface area contributed by atoms with Crippen LogP contribution >= 0.6 is 27.5 Å². The van der Waals surface area contributed by atoms with Crippen LogP contribution in [0.3, 0.4) is 0 Å². The van der Waals surface area contributed by atoms with E-state index < -0.39 is 12.0 Å². The monoisotopic (exact) mass is 389 g/mol. The van der Waals surface area contributed by atoms with E-state index in [9.17, 15) is 14.7 Å². The summed E-state index contributed by atoms with van der Waals surface area (Å²) >= 11 is 9.37. The van der Waals surface area contributed by atoms with Crippen LogP contribution < -0.4 is 0 Å². The van der Waals surface area contributed by atoms with Crippen molar-refractivity contribution in [1.82, 2.24) is 4.90 Å². The lowest BCUT2D eigenvalue weighted by atomic mass is 10.1. The first-order valence-electron chi connectivity index (χ1n) is 6.91. The Kier molecular flexibility index (Phi) is 5.83. The lowest BCUT2D eigenvalue weighted by molar-refractivity contribution is -0.148. The SMILES string of the molecule is COC1CC(C(=O)O)N(C(=O)CCc2cc(Cl)ccc2Br)C1. The summed E-state index contributed by atoms with van der Waals surface area (Å²) in [6, 6.07) is 4.59. The minimum Gasteiger partial charge on any atom is -0.480 e. The summed E-state index contributed by atoms with van der Waals surface area (Å²) in [4.78, 5) is 25.0. The molecule has 1 amide bonds. The molecule has 0 bridgehead atoms. The molecule has 0 aliphatic carbocycles. The molecule has 120 valence electrons. The van der Waals surface area contributed by atoms with Gasteiger partial charge < -0.3 is 14.7 Å². The molecule has 1 fully saturated rings. The number of hydrogen-bond acceptors (Lipinski definition) is 3. The Hall–Kier alpha value is -1.11. The maximum absolute atomic E-state index is 12.3. The number of aliphatic carboxylic acids is 1. The zero-order valence-corrected chi connectivity index (χ0v) is 14.4. The summed E-state index contributed by atoms with van der Waals surface area (Å²) in [5.41, 5.74) is 0.926. The van der Waals surface area contributed by atoms with Crippen molar-refractivity contribution >= 4 is 39.4 Å². The quantitative estimate of drug-likeness (QED) is 0.839. The molecule has 0 saturated carbocycles. The molecule has 2 unspecified atom stereocenters. The van der Waals surface area contributed by atoms with Gasteiger partial charge in [0.1, 0.15) is 6.04 Å². The second-order valence-corrected chi connectivity index (χ2v) is 6.52. The van der Waals surface area contributed by atoms with Gasteiger partial charge in [-0.1, -0.05) is 27.5 Å². The van der Waals surface area contributed by atoms with Gasteiger partial charge in [0.2, 0.25) is 5.91 Å². The number of carbonyl (C=O) groups excluding carboxylic acids is 1. The van der Waals surface area contributed by atoms with Gasteiger partial charge in [0.25, 0.3) is 0 Å². The normalized spacial score (nSPS) is 21.1. The fraction of sp³-hybridized carbons (Fsp3) is 0.467. The molecule has 1 aromatic carbocycles. The Bertz CT molecular complexity index is 581. The number of aryl methyl sites for hydroxylation is 1. The van der Waals surface area contributed by atoms with E-state index in [4.69, 9.17) is 16.3 Å². The van der Waals surface area contributed by atoms with E-state index >= 15 is 0 Å². The maximum Gasteiger partial charge on any atom is 0.326 e. The van der Waals surface area contributed by atoms with Crippen LogP contribution in [-0.4, -0.2) is 47.7 Å². The number of amides is 1. The molecule has 5 nitrogen and oxygen atoms in total. The van der Waals surface area contributed by atoms with E-state index in [1.165, 1.54) is 12.0 Å². The van der Waals surface area contributed by atoms with E-state index in [-0.39, 0.29) is 18.4 Å². The number of likely N-dealkylation sites (tertiary alicyclic amines) is 1. The molecule has 22 heavy (non-hydrogen) atoms. The summed E-state index contributed by atoms with van der Waals surface area (Å²) in [5, 5.41) is 9.84. The van der Waals surface area contributed by atoms with Crippen LogP contribution in [0.5, 0.6) is 0 Å². The predicted molar refractivity (Wildman–Crippen MR) is 86.0 cm³/mol. The molecule has 1 aromatic rings. The minimum absolute atomic E-state index is 0.182. The molecule has 2 atom stereocenters. The zero-order chi connectivity index (χ0) is 16.3. The predicted octanol–water partition coefficient (Wildman–Crippen LogP) is 2.74. The number of methoxy groups -OCH3 is 1. The molecular weight excluding hydrogens is 374 g/mol. The van der Waals surface area contributed by atoms with Crippen LogP contribution in [0, 0.1) is 0 Å². The summed E-state index contributed by atoms with van der Waals surface area (Å²) in [6.07, 6.45) is 0.848. The number of nitrogens with zero attached hydrogens (tertiary/aromatic N) is 1. The first kappa shape index (κ1) is 17.2. The Morgan fingerprint density at radius 2 is 2.23 bits per heavy atom. The average Bonchev–Trinajstić information content (AvgIpc) is 2.92. The fourth-order valence-electron chi connectivity index (χ4n) is 2.60. The lowest BCUT2D eigenvalue weighted by Crippen LogP contribution is -2.40. The number of ether oxygens (including phenoxy) is 1. The topological polar surface area (TPSA) is 66.8 Å². The fourth-order valence-corrected chi connectivity index (χ4v) is 3.24. The maximum atomic E-state index is 12.3. The summed E-state index contributed by atoms with van der Waals surface area (Å²) in [7, 11) is 1.53. The van der Waals surface area contributed by atoms with Crippen LogP contribution in [0.15, 0.2) is 22.7 Å². The van der Waals surface area contributed by atoms with Crippen molar-refractivity contribution in [3.05, 3.63) is 33.3 Å². The van der Waals surface area contributed by atoms with Crippen molar-refractivity contribution < 1.29 is 19.4 Å². The Morgan fingerprint density at radius 1 is 1.50 bits per heavy atom. The number of halogens is 2. The van der Waals surface area contributed by atoms with Crippen molar-refractivity contribution in [3.63, 3.8) is 0 Å². The van der Waals surface area contributed by atoms with Gasteiger partial charge in [0.05, 0.1) is 6.10 Å². The second-order valence-electron chi connectivity index (χ2n) is 5.23. The van der Waals surface area contributed by atoms with Crippen molar-refractivity contribution in [1.29, 1.82) is 0 Å². The largest absolute Gasteiger partial charge is 0.480 e. The van der Waals surface area contributed by atoms with Gasteiger partial charge in [-0.3, -0.25) is 4.79 Å². The molecule has 2 rings (SSSR count). The highest BCUT2D eigenvalue weighted by atomic mass is 79.9. The van der Waals surface area contributed by atoms with Crippen molar-refractivity contribution in [3.8, 4) is 0 Å². The van der Waals surface area contributed by atoms with Gasteiger partial charge >= 0.3 is 5.97 Å². The summed E-state index contributed by atoms with van der Waals surface area (Å²) in [6.45, 7) is 0.322. The van der Waals surface area contributed by atoms with Crippen molar-refractivity contribution in [2.24, 2.45) is 0 Å². The molecule has 0 aromatic heterocycles. The van der Waals surface area contributed by atoms with Gasteiger partial charge in [-0.2, -0.15) is 0 Å². The second kappa shape index (κ2) is 7.44. The molecule has 1 aliphatic rings. The smallest absolute Gasteiger partial charge is 0.326 e. The number of carboxylic acids is 1. The molecule has 7 heteroatoms. The summed E-state index contributed by atoms with van der Waals surface area (Å²) in [5.74, 6) is -1.17. The molecule has 1 saturated heterocycles. The standard InChI is InChI=1S/C15H17BrClNO4/c1-22-11-7-13(15(20)21)18(8-11)14(19)5-2-9-6-10(17)3-4-12(9)16/h3-4,6,11,13H,2,5,7-8H2,1H3,(H,20,21). The van der Waals surface area contributed by atoms with E-state index in [1.807, 2.05) is 6.07 Å². The molecule has 1 heterocycles. The zero-order valence-electron chi connectivity index (χ0n) is 12.1.